The summed E-state index contributed by atoms with van der Waals surface area (Å²) in [5, 5.41) is 0.766. The van der Waals surface area contributed by atoms with E-state index >= 15 is 0 Å². The zero-order valence-corrected chi connectivity index (χ0v) is 18.3. The van der Waals surface area contributed by atoms with E-state index in [0.717, 1.165) is 22.9 Å². The van der Waals surface area contributed by atoms with Gasteiger partial charge in [0.1, 0.15) is 11.5 Å². The average molecular weight is 419 g/mol. The van der Waals surface area contributed by atoms with Crippen LogP contribution in [0.4, 0.5) is 0 Å². The summed E-state index contributed by atoms with van der Waals surface area (Å²) >= 11 is 6.17. The fourth-order valence-electron chi connectivity index (χ4n) is 5.67. The van der Waals surface area contributed by atoms with Gasteiger partial charge in [0.05, 0.1) is 14.2 Å². The van der Waals surface area contributed by atoms with Gasteiger partial charge in [-0.05, 0) is 101 Å². The van der Waals surface area contributed by atoms with Crippen molar-refractivity contribution in [1.29, 1.82) is 0 Å². The van der Waals surface area contributed by atoms with Crippen LogP contribution in [0.1, 0.15) is 47.8 Å². The third kappa shape index (κ3) is 3.37. The first-order valence-corrected chi connectivity index (χ1v) is 11.2. The van der Waals surface area contributed by atoms with Crippen molar-refractivity contribution in [3.63, 3.8) is 0 Å². The maximum absolute atomic E-state index is 6.17. The van der Waals surface area contributed by atoms with Gasteiger partial charge in [-0.3, -0.25) is 0 Å². The van der Waals surface area contributed by atoms with Crippen LogP contribution < -0.4 is 9.47 Å². The molecule has 2 nitrogen and oxygen atoms in total. The first kappa shape index (κ1) is 19.5. The molecule has 30 heavy (non-hydrogen) atoms. The molecule has 1 saturated carbocycles. The van der Waals surface area contributed by atoms with Gasteiger partial charge < -0.3 is 9.47 Å². The molecule has 3 heteroatoms. The molecule has 2 aliphatic carbocycles. The minimum Gasteiger partial charge on any atom is -0.497 e. The summed E-state index contributed by atoms with van der Waals surface area (Å²) in [6.07, 6.45) is 4.92. The Bertz CT molecular complexity index is 1040. The Morgan fingerprint density at radius 1 is 0.800 bits per heavy atom. The predicted octanol–water partition coefficient (Wildman–Crippen LogP) is 7.25. The Balaban J connectivity index is 1.64. The average Bonchev–Trinajstić information content (AvgIpc) is 3.29. The number of rotatable bonds is 4. The summed E-state index contributed by atoms with van der Waals surface area (Å²) in [6.45, 7) is 0. The molecule has 3 aromatic carbocycles. The van der Waals surface area contributed by atoms with E-state index in [1.165, 1.54) is 47.1 Å². The van der Waals surface area contributed by atoms with Crippen molar-refractivity contribution >= 4 is 11.6 Å². The van der Waals surface area contributed by atoms with E-state index in [0.29, 0.717) is 17.8 Å². The summed E-state index contributed by atoms with van der Waals surface area (Å²) < 4.78 is 11.1. The fourth-order valence-corrected chi connectivity index (χ4v) is 5.80. The number of halogens is 1. The normalized spacial score (nSPS) is 22.3. The second kappa shape index (κ2) is 8.00. The zero-order chi connectivity index (χ0) is 20.7. The Morgan fingerprint density at radius 3 is 2.23 bits per heavy atom. The van der Waals surface area contributed by atoms with Crippen molar-refractivity contribution < 1.29 is 9.47 Å². The Kier molecular flexibility index (Phi) is 5.20. The second-order valence-corrected chi connectivity index (χ2v) is 8.97. The summed E-state index contributed by atoms with van der Waals surface area (Å²) in [7, 11) is 3.49. The summed E-state index contributed by atoms with van der Waals surface area (Å²) in [5.41, 5.74) is 6.88. The van der Waals surface area contributed by atoms with Gasteiger partial charge in [0.15, 0.2) is 0 Å². The third-order valence-electron chi connectivity index (χ3n) is 7.10. The summed E-state index contributed by atoms with van der Waals surface area (Å²) in [6, 6.07) is 21.4. The molecule has 0 aromatic heterocycles. The fraction of sp³-hybridized carbons (Fsp3) is 0.333. The molecule has 5 rings (SSSR count). The third-order valence-corrected chi connectivity index (χ3v) is 7.35. The number of benzene rings is 3. The summed E-state index contributed by atoms with van der Waals surface area (Å²) in [5.74, 6) is 3.70. The van der Waals surface area contributed by atoms with Crippen LogP contribution in [0, 0.1) is 5.92 Å². The number of fused-ring (bicyclic) bond motifs is 3. The molecule has 0 spiro atoms. The topological polar surface area (TPSA) is 18.5 Å². The molecule has 0 saturated heterocycles. The highest BCUT2D eigenvalue weighted by Gasteiger charge is 2.41. The van der Waals surface area contributed by atoms with Crippen molar-refractivity contribution in [2.75, 3.05) is 14.2 Å². The van der Waals surface area contributed by atoms with Crippen molar-refractivity contribution in [2.45, 2.75) is 37.5 Å². The van der Waals surface area contributed by atoms with Gasteiger partial charge in [0.25, 0.3) is 0 Å². The van der Waals surface area contributed by atoms with Crippen molar-refractivity contribution in [3.05, 3.63) is 82.4 Å². The zero-order valence-electron chi connectivity index (χ0n) is 17.5. The van der Waals surface area contributed by atoms with Crippen LogP contribution >= 0.6 is 11.6 Å². The van der Waals surface area contributed by atoms with Crippen LogP contribution in [-0.2, 0) is 6.42 Å². The molecule has 0 aliphatic heterocycles. The first-order chi connectivity index (χ1) is 14.7. The molecule has 3 atom stereocenters. The van der Waals surface area contributed by atoms with Crippen molar-refractivity contribution in [3.8, 4) is 22.6 Å². The van der Waals surface area contributed by atoms with E-state index in [1.54, 1.807) is 14.2 Å². The maximum atomic E-state index is 6.17. The van der Waals surface area contributed by atoms with Crippen LogP contribution in [-0.4, -0.2) is 14.2 Å². The minimum absolute atomic E-state index is 0.537. The van der Waals surface area contributed by atoms with Gasteiger partial charge in [-0.15, -0.1) is 0 Å². The molecule has 0 radical (unpaired) electrons. The summed E-state index contributed by atoms with van der Waals surface area (Å²) in [4.78, 5) is 0. The number of ether oxygens (including phenoxy) is 2. The van der Waals surface area contributed by atoms with Gasteiger partial charge in [-0.25, -0.2) is 0 Å². The molecule has 0 heterocycles. The van der Waals surface area contributed by atoms with Gasteiger partial charge in [0.2, 0.25) is 0 Å². The van der Waals surface area contributed by atoms with Gasteiger partial charge in [0, 0.05) is 5.02 Å². The Hall–Kier alpha value is -2.45. The van der Waals surface area contributed by atoms with Gasteiger partial charge in [-0.2, -0.15) is 0 Å². The lowest BCUT2D eigenvalue weighted by atomic mass is 9.67. The van der Waals surface area contributed by atoms with Gasteiger partial charge >= 0.3 is 0 Å². The van der Waals surface area contributed by atoms with E-state index in [-0.39, 0.29) is 0 Å². The smallest absolute Gasteiger partial charge is 0.119 e. The van der Waals surface area contributed by atoms with E-state index in [2.05, 4.69) is 48.5 Å². The molecule has 3 unspecified atom stereocenters. The number of hydrogen-bond donors (Lipinski definition) is 0. The molecular weight excluding hydrogens is 392 g/mol. The van der Waals surface area contributed by atoms with Crippen LogP contribution in [0.2, 0.25) is 5.02 Å². The molecule has 0 bridgehead atoms. The molecule has 0 amide bonds. The van der Waals surface area contributed by atoms with Crippen LogP contribution in [0.5, 0.6) is 11.5 Å². The number of methoxy groups -OCH3 is 2. The molecular formula is C27H27ClO2. The molecule has 154 valence electrons. The largest absolute Gasteiger partial charge is 0.497 e. The van der Waals surface area contributed by atoms with Crippen LogP contribution in [0.15, 0.2) is 60.7 Å². The van der Waals surface area contributed by atoms with E-state index in [1.807, 2.05) is 12.1 Å². The Labute approximate surface area is 183 Å². The predicted molar refractivity (Wildman–Crippen MR) is 123 cm³/mol. The quantitative estimate of drug-likeness (QED) is 0.444. The monoisotopic (exact) mass is 418 g/mol. The first-order valence-electron chi connectivity index (χ1n) is 10.8. The van der Waals surface area contributed by atoms with E-state index in [9.17, 15) is 0 Å². The lowest BCUT2D eigenvalue weighted by Gasteiger charge is -2.37. The maximum Gasteiger partial charge on any atom is 0.119 e. The molecule has 0 N–H and O–H groups in total. The molecule has 1 fully saturated rings. The Morgan fingerprint density at radius 2 is 1.53 bits per heavy atom. The second-order valence-electron chi connectivity index (χ2n) is 8.53. The highest BCUT2D eigenvalue weighted by atomic mass is 35.5. The van der Waals surface area contributed by atoms with Crippen molar-refractivity contribution in [1.82, 2.24) is 0 Å². The highest BCUT2D eigenvalue weighted by molar-refractivity contribution is 6.30. The SMILES string of the molecule is COc1ccc(C2Cc3c(-c4ccc(Cl)cc4)cc(OC)cc3C3CCCC23)cc1. The van der Waals surface area contributed by atoms with Crippen LogP contribution in [0.25, 0.3) is 11.1 Å². The molecule has 2 aliphatic rings. The standard InChI is InChI=1S/C27H27ClO2/c1-29-20-12-8-18(9-13-20)25-16-27-24(17-6-10-19(28)11-7-17)14-21(30-2)15-26(27)23-5-3-4-22(23)25/h6-15,22-23,25H,3-5,16H2,1-2H3. The highest BCUT2D eigenvalue weighted by Crippen LogP contribution is 2.55. The lowest BCUT2D eigenvalue weighted by Crippen LogP contribution is -2.25. The van der Waals surface area contributed by atoms with E-state index in [4.69, 9.17) is 21.1 Å². The number of hydrogen-bond acceptors (Lipinski definition) is 2. The van der Waals surface area contributed by atoms with Crippen LogP contribution in [0.3, 0.4) is 0 Å². The lowest BCUT2D eigenvalue weighted by molar-refractivity contribution is 0.361. The van der Waals surface area contributed by atoms with Gasteiger partial charge in [-0.1, -0.05) is 42.3 Å². The molecule has 3 aromatic rings. The minimum atomic E-state index is 0.537. The van der Waals surface area contributed by atoms with E-state index < -0.39 is 0 Å². The van der Waals surface area contributed by atoms with Crippen molar-refractivity contribution in [2.24, 2.45) is 5.92 Å².